The van der Waals surface area contributed by atoms with E-state index in [-0.39, 0.29) is 5.56 Å². The Hall–Kier alpha value is -2.47. The summed E-state index contributed by atoms with van der Waals surface area (Å²) < 4.78 is 0. The summed E-state index contributed by atoms with van der Waals surface area (Å²) >= 11 is 1.60. The number of thiophene rings is 1. The highest BCUT2D eigenvalue weighted by atomic mass is 32.1. The Morgan fingerprint density at radius 2 is 2.05 bits per heavy atom. The Morgan fingerprint density at radius 3 is 2.81 bits per heavy atom. The summed E-state index contributed by atoms with van der Waals surface area (Å²) in [4.78, 5) is 21.7. The van der Waals surface area contributed by atoms with Crippen molar-refractivity contribution in [1.29, 1.82) is 0 Å². The van der Waals surface area contributed by atoms with E-state index in [2.05, 4.69) is 15.3 Å². The molecule has 0 saturated carbocycles. The molecule has 0 aliphatic carbocycles. The highest BCUT2D eigenvalue weighted by Gasteiger charge is 2.10. The molecule has 0 saturated heterocycles. The summed E-state index contributed by atoms with van der Waals surface area (Å²) in [6.45, 7) is 3.94. The lowest BCUT2D eigenvalue weighted by Gasteiger charge is -2.10. The maximum Gasteiger partial charge on any atom is 0.335 e. The van der Waals surface area contributed by atoms with Crippen LogP contribution < -0.4 is 5.32 Å². The molecule has 0 radical (unpaired) electrons. The average Bonchev–Trinajstić information content (AvgIpc) is 2.82. The van der Waals surface area contributed by atoms with Gasteiger partial charge >= 0.3 is 5.97 Å². The first-order valence-corrected chi connectivity index (χ1v) is 7.18. The summed E-state index contributed by atoms with van der Waals surface area (Å²) in [6.07, 6.45) is 1.51. The highest BCUT2D eigenvalue weighted by Crippen LogP contribution is 2.30. The number of nitrogens with one attached hydrogen (secondary N) is 1. The number of aryl methyl sites for hydroxylation is 2. The summed E-state index contributed by atoms with van der Waals surface area (Å²) in [6, 6.07) is 7.01. The van der Waals surface area contributed by atoms with Gasteiger partial charge in [0.1, 0.15) is 17.0 Å². The molecule has 0 unspecified atom stereocenters. The Morgan fingerprint density at radius 1 is 1.24 bits per heavy atom. The van der Waals surface area contributed by atoms with Crippen molar-refractivity contribution in [1.82, 2.24) is 9.97 Å². The van der Waals surface area contributed by atoms with Gasteiger partial charge in [-0.05, 0) is 37.6 Å². The summed E-state index contributed by atoms with van der Waals surface area (Å²) in [5.41, 5.74) is 1.94. The summed E-state index contributed by atoms with van der Waals surface area (Å²) in [5, 5.41) is 13.3. The quantitative estimate of drug-likeness (QED) is 0.770. The van der Waals surface area contributed by atoms with Gasteiger partial charge in [0.25, 0.3) is 0 Å². The average molecular weight is 299 g/mol. The molecule has 1 aromatic carbocycles. The molecule has 2 heterocycles. The second-order valence-corrected chi connectivity index (χ2v) is 5.99. The van der Waals surface area contributed by atoms with Crippen molar-refractivity contribution >= 4 is 39.0 Å². The second-order valence-electron chi connectivity index (χ2n) is 4.76. The molecule has 0 aliphatic rings. The zero-order chi connectivity index (χ0) is 15.0. The van der Waals surface area contributed by atoms with E-state index in [4.69, 9.17) is 5.11 Å². The topological polar surface area (TPSA) is 75.1 Å². The van der Waals surface area contributed by atoms with Crippen LogP contribution >= 0.6 is 11.3 Å². The fourth-order valence-corrected chi connectivity index (χ4v) is 2.94. The lowest BCUT2D eigenvalue weighted by atomic mass is 10.1. The number of carboxylic acid groups (broad SMARTS) is 1. The van der Waals surface area contributed by atoms with Crippen LogP contribution in [0.25, 0.3) is 10.2 Å². The van der Waals surface area contributed by atoms with Gasteiger partial charge < -0.3 is 10.4 Å². The van der Waals surface area contributed by atoms with Crippen molar-refractivity contribution in [2.24, 2.45) is 0 Å². The van der Waals surface area contributed by atoms with Crippen LogP contribution in [0.2, 0.25) is 0 Å². The molecule has 21 heavy (non-hydrogen) atoms. The molecule has 5 nitrogen and oxygen atoms in total. The largest absolute Gasteiger partial charge is 0.478 e. The summed E-state index contributed by atoms with van der Waals surface area (Å²) in [7, 11) is 0. The number of nitrogens with zero attached hydrogens (tertiary/aromatic N) is 2. The maximum absolute atomic E-state index is 11.1. The van der Waals surface area contributed by atoms with E-state index >= 15 is 0 Å². The third-order valence-corrected chi connectivity index (χ3v) is 4.15. The number of aromatic nitrogens is 2. The van der Waals surface area contributed by atoms with E-state index in [9.17, 15) is 4.79 Å². The molecule has 3 aromatic rings. The van der Waals surface area contributed by atoms with Crippen LogP contribution in [0.4, 0.5) is 11.5 Å². The Kier molecular flexibility index (Phi) is 3.31. The minimum absolute atomic E-state index is 0.245. The first kappa shape index (κ1) is 13.5. The van der Waals surface area contributed by atoms with Crippen LogP contribution in [-0.4, -0.2) is 21.0 Å². The minimum Gasteiger partial charge on any atom is -0.478 e. The van der Waals surface area contributed by atoms with Gasteiger partial charge in [-0.25, -0.2) is 14.8 Å². The molecule has 0 atom stereocenters. The number of rotatable bonds is 3. The van der Waals surface area contributed by atoms with Crippen LogP contribution in [0.3, 0.4) is 0 Å². The zero-order valence-electron chi connectivity index (χ0n) is 11.5. The van der Waals surface area contributed by atoms with E-state index in [1.54, 1.807) is 29.5 Å². The van der Waals surface area contributed by atoms with Crippen molar-refractivity contribution in [3.8, 4) is 0 Å². The van der Waals surface area contributed by atoms with E-state index in [1.807, 2.05) is 19.9 Å². The number of hydrogen-bond donors (Lipinski definition) is 2. The summed E-state index contributed by atoms with van der Waals surface area (Å²) in [5.74, 6) is -0.257. The van der Waals surface area contributed by atoms with Gasteiger partial charge in [0, 0.05) is 10.6 Å². The Labute approximate surface area is 125 Å². The van der Waals surface area contributed by atoms with Gasteiger partial charge in [0.05, 0.1) is 10.9 Å². The molecule has 0 fully saturated rings. The lowest BCUT2D eigenvalue weighted by molar-refractivity contribution is 0.0697. The third-order valence-electron chi connectivity index (χ3n) is 3.19. The van der Waals surface area contributed by atoms with Gasteiger partial charge in [-0.1, -0.05) is 6.07 Å². The molecule has 2 N–H and O–H groups in total. The molecule has 0 aliphatic heterocycles. The maximum atomic E-state index is 11.1. The van der Waals surface area contributed by atoms with Crippen LogP contribution in [0.5, 0.6) is 0 Å². The predicted molar refractivity (Wildman–Crippen MR) is 83.6 cm³/mol. The standard InChI is InChI=1S/C15H13N3O2S/c1-8-3-4-10(15(19)20)6-12(8)18-13-11-5-9(2)21-14(11)17-7-16-13/h3-7H,1-2H3,(H,19,20)(H,16,17,18). The van der Waals surface area contributed by atoms with E-state index in [0.717, 1.165) is 26.3 Å². The fraction of sp³-hybridized carbons (Fsp3) is 0.133. The van der Waals surface area contributed by atoms with Gasteiger partial charge in [0.2, 0.25) is 0 Å². The number of fused-ring (bicyclic) bond motifs is 1. The number of carbonyl (C=O) groups is 1. The van der Waals surface area contributed by atoms with E-state index < -0.39 is 5.97 Å². The third kappa shape index (κ3) is 2.57. The van der Waals surface area contributed by atoms with Crippen molar-refractivity contribution < 1.29 is 9.90 Å². The van der Waals surface area contributed by atoms with Gasteiger partial charge in [-0.3, -0.25) is 0 Å². The number of anilines is 2. The molecule has 0 bridgehead atoms. The molecule has 6 heteroatoms. The molecule has 106 valence electrons. The normalized spacial score (nSPS) is 10.8. The van der Waals surface area contributed by atoms with Gasteiger partial charge in [-0.2, -0.15) is 0 Å². The molecule has 0 spiro atoms. The molecular weight excluding hydrogens is 286 g/mol. The number of benzene rings is 1. The first-order chi connectivity index (χ1) is 10.0. The fourth-order valence-electron chi connectivity index (χ4n) is 2.09. The van der Waals surface area contributed by atoms with Crippen LogP contribution in [0.15, 0.2) is 30.6 Å². The Bertz CT molecular complexity index is 842. The molecule has 0 amide bonds. The lowest BCUT2D eigenvalue weighted by Crippen LogP contribution is -2.01. The second kappa shape index (κ2) is 5.14. The van der Waals surface area contributed by atoms with Crippen molar-refractivity contribution in [3.05, 3.63) is 46.6 Å². The monoisotopic (exact) mass is 299 g/mol. The minimum atomic E-state index is -0.947. The number of aromatic carboxylic acids is 1. The molecular formula is C15H13N3O2S. The molecule has 3 rings (SSSR count). The Balaban J connectivity index is 2.06. The van der Waals surface area contributed by atoms with Gasteiger partial charge in [-0.15, -0.1) is 11.3 Å². The van der Waals surface area contributed by atoms with Crippen molar-refractivity contribution in [3.63, 3.8) is 0 Å². The van der Waals surface area contributed by atoms with Crippen molar-refractivity contribution in [2.45, 2.75) is 13.8 Å². The van der Waals surface area contributed by atoms with Crippen molar-refractivity contribution in [2.75, 3.05) is 5.32 Å². The number of hydrogen-bond acceptors (Lipinski definition) is 5. The van der Waals surface area contributed by atoms with Crippen LogP contribution in [0.1, 0.15) is 20.8 Å². The number of carboxylic acids is 1. The highest BCUT2D eigenvalue weighted by molar-refractivity contribution is 7.18. The van der Waals surface area contributed by atoms with E-state index in [1.165, 1.54) is 6.33 Å². The predicted octanol–water partition coefficient (Wildman–Crippen LogP) is 3.75. The zero-order valence-corrected chi connectivity index (χ0v) is 12.4. The SMILES string of the molecule is Cc1cc2c(Nc3cc(C(=O)O)ccc3C)ncnc2s1. The smallest absolute Gasteiger partial charge is 0.335 e. The van der Waals surface area contributed by atoms with Gasteiger partial charge in [0.15, 0.2) is 0 Å². The molecule has 2 aromatic heterocycles. The first-order valence-electron chi connectivity index (χ1n) is 6.36. The van der Waals surface area contributed by atoms with Crippen LogP contribution in [-0.2, 0) is 0 Å². The van der Waals surface area contributed by atoms with E-state index in [0.29, 0.717) is 5.82 Å². The van der Waals surface area contributed by atoms with Crippen LogP contribution in [0, 0.1) is 13.8 Å².